The summed E-state index contributed by atoms with van der Waals surface area (Å²) in [5.74, 6) is -0.437. The number of rotatable bonds is 2. The molecule has 0 N–H and O–H groups in total. The molecule has 0 unspecified atom stereocenters. The molecule has 0 aliphatic heterocycles. The largest absolute Gasteiger partial charge is 0.289 e. The molecule has 0 heterocycles. The number of carbonyl (C=O) groups is 1. The van der Waals surface area contributed by atoms with Crippen molar-refractivity contribution in [1.82, 2.24) is 0 Å². The van der Waals surface area contributed by atoms with Crippen LogP contribution in [0.5, 0.6) is 0 Å². The first kappa shape index (κ1) is 13.8. The van der Waals surface area contributed by atoms with E-state index in [1.165, 1.54) is 18.2 Å². The molecule has 0 radical (unpaired) electrons. The molecular formula is C16H14ClFO. The zero-order valence-corrected chi connectivity index (χ0v) is 11.8. The summed E-state index contributed by atoms with van der Waals surface area (Å²) in [5.41, 5.74) is 3.44. The average Bonchev–Trinajstić information content (AvgIpc) is 2.33. The zero-order chi connectivity index (χ0) is 14.2. The maximum Gasteiger partial charge on any atom is 0.193 e. The monoisotopic (exact) mass is 276 g/mol. The van der Waals surface area contributed by atoms with Gasteiger partial charge in [0.2, 0.25) is 0 Å². The van der Waals surface area contributed by atoms with Crippen LogP contribution >= 0.6 is 11.6 Å². The molecule has 0 saturated carbocycles. The molecule has 0 fully saturated rings. The summed E-state index contributed by atoms with van der Waals surface area (Å²) in [5, 5.41) is 0.643. The molecule has 0 saturated heterocycles. The minimum Gasteiger partial charge on any atom is -0.289 e. The van der Waals surface area contributed by atoms with Crippen LogP contribution in [-0.4, -0.2) is 5.78 Å². The summed E-state index contributed by atoms with van der Waals surface area (Å²) >= 11 is 6.03. The highest BCUT2D eigenvalue weighted by atomic mass is 35.5. The molecule has 0 spiro atoms. The van der Waals surface area contributed by atoms with Crippen molar-refractivity contribution in [3.63, 3.8) is 0 Å². The van der Waals surface area contributed by atoms with E-state index in [1.54, 1.807) is 19.1 Å². The van der Waals surface area contributed by atoms with Crippen LogP contribution in [0, 0.1) is 26.6 Å². The Bertz CT molecular complexity index is 662. The Morgan fingerprint density at radius 2 is 1.58 bits per heavy atom. The number of halogens is 2. The second kappa shape index (κ2) is 5.14. The van der Waals surface area contributed by atoms with E-state index in [1.807, 2.05) is 13.8 Å². The predicted octanol–water partition coefficient (Wildman–Crippen LogP) is 4.64. The smallest absolute Gasteiger partial charge is 0.193 e. The lowest BCUT2D eigenvalue weighted by Crippen LogP contribution is -2.06. The Balaban J connectivity index is 2.53. The highest BCUT2D eigenvalue weighted by Gasteiger charge is 2.15. The number of hydrogen-bond acceptors (Lipinski definition) is 1. The van der Waals surface area contributed by atoms with Crippen LogP contribution < -0.4 is 0 Å². The first-order valence-electron chi connectivity index (χ1n) is 5.97. The van der Waals surface area contributed by atoms with Crippen molar-refractivity contribution in [3.8, 4) is 0 Å². The van der Waals surface area contributed by atoms with Gasteiger partial charge in [0.25, 0.3) is 0 Å². The average molecular weight is 277 g/mol. The Labute approximate surface area is 117 Å². The van der Waals surface area contributed by atoms with Crippen molar-refractivity contribution in [1.29, 1.82) is 0 Å². The van der Waals surface area contributed by atoms with Gasteiger partial charge in [-0.25, -0.2) is 4.39 Å². The Morgan fingerprint density at radius 3 is 2.21 bits per heavy atom. The standard InChI is InChI=1S/C16H14ClFO/c1-9-6-12(18)4-5-13(9)16(19)14-7-11(3)15(17)8-10(14)2/h4-8H,1-3H3. The van der Waals surface area contributed by atoms with Gasteiger partial charge in [0.15, 0.2) is 5.78 Å². The number of benzene rings is 2. The number of ketones is 1. The van der Waals surface area contributed by atoms with Crippen molar-refractivity contribution in [2.75, 3.05) is 0 Å². The summed E-state index contributed by atoms with van der Waals surface area (Å²) < 4.78 is 13.1. The molecular weight excluding hydrogens is 263 g/mol. The second-order valence-corrected chi connectivity index (χ2v) is 5.11. The number of hydrogen-bond donors (Lipinski definition) is 0. The molecule has 2 rings (SSSR count). The van der Waals surface area contributed by atoms with E-state index in [2.05, 4.69) is 0 Å². The van der Waals surface area contributed by atoms with Crippen LogP contribution in [0.15, 0.2) is 30.3 Å². The van der Waals surface area contributed by atoms with Crippen molar-refractivity contribution < 1.29 is 9.18 Å². The van der Waals surface area contributed by atoms with Gasteiger partial charge in [0, 0.05) is 16.1 Å². The fraction of sp³-hybridized carbons (Fsp3) is 0.188. The second-order valence-electron chi connectivity index (χ2n) is 4.70. The molecule has 0 atom stereocenters. The van der Waals surface area contributed by atoms with Crippen molar-refractivity contribution in [2.24, 2.45) is 0 Å². The van der Waals surface area contributed by atoms with Gasteiger partial charge in [-0.2, -0.15) is 0 Å². The van der Waals surface area contributed by atoms with E-state index in [0.29, 0.717) is 21.7 Å². The Morgan fingerprint density at radius 1 is 0.947 bits per heavy atom. The SMILES string of the molecule is Cc1cc(C(=O)c2ccc(F)cc2C)c(C)cc1Cl. The van der Waals surface area contributed by atoms with Crippen LogP contribution in [-0.2, 0) is 0 Å². The third-order valence-corrected chi connectivity index (χ3v) is 3.59. The Hall–Kier alpha value is -1.67. The topological polar surface area (TPSA) is 17.1 Å². The van der Waals surface area contributed by atoms with Crippen molar-refractivity contribution in [2.45, 2.75) is 20.8 Å². The molecule has 0 aliphatic rings. The van der Waals surface area contributed by atoms with Gasteiger partial charge in [-0.1, -0.05) is 11.6 Å². The summed E-state index contributed by atoms with van der Waals surface area (Å²) in [7, 11) is 0. The zero-order valence-electron chi connectivity index (χ0n) is 11.1. The lowest BCUT2D eigenvalue weighted by Gasteiger charge is -2.10. The summed E-state index contributed by atoms with van der Waals surface area (Å²) in [6.07, 6.45) is 0. The van der Waals surface area contributed by atoms with Crippen LogP contribution in [0.25, 0.3) is 0 Å². The summed E-state index contributed by atoms with van der Waals surface area (Å²) in [6, 6.07) is 7.76. The van der Waals surface area contributed by atoms with E-state index in [-0.39, 0.29) is 11.6 Å². The first-order valence-corrected chi connectivity index (χ1v) is 6.35. The van der Waals surface area contributed by atoms with Crippen molar-refractivity contribution >= 4 is 17.4 Å². The van der Waals surface area contributed by atoms with E-state index in [4.69, 9.17) is 11.6 Å². The third kappa shape index (κ3) is 2.69. The highest BCUT2D eigenvalue weighted by molar-refractivity contribution is 6.31. The van der Waals surface area contributed by atoms with E-state index in [9.17, 15) is 9.18 Å². The molecule has 0 amide bonds. The van der Waals surface area contributed by atoms with Gasteiger partial charge in [0.05, 0.1) is 0 Å². The molecule has 1 nitrogen and oxygen atoms in total. The maximum atomic E-state index is 13.1. The van der Waals surface area contributed by atoms with E-state index >= 15 is 0 Å². The van der Waals surface area contributed by atoms with Crippen LogP contribution in [0.4, 0.5) is 4.39 Å². The van der Waals surface area contributed by atoms with Gasteiger partial charge in [-0.15, -0.1) is 0 Å². The number of aryl methyl sites for hydroxylation is 3. The highest BCUT2D eigenvalue weighted by Crippen LogP contribution is 2.24. The lowest BCUT2D eigenvalue weighted by atomic mass is 9.95. The molecule has 0 aliphatic carbocycles. The molecule has 2 aromatic carbocycles. The first-order chi connectivity index (χ1) is 8.90. The number of carbonyl (C=O) groups excluding carboxylic acids is 1. The molecule has 0 bridgehead atoms. The summed E-state index contributed by atoms with van der Waals surface area (Å²) in [4.78, 5) is 12.5. The lowest BCUT2D eigenvalue weighted by molar-refractivity contribution is 0.103. The fourth-order valence-corrected chi connectivity index (χ4v) is 2.27. The molecule has 2 aromatic rings. The summed E-state index contributed by atoms with van der Waals surface area (Å²) in [6.45, 7) is 5.43. The predicted molar refractivity (Wildman–Crippen MR) is 75.5 cm³/mol. The van der Waals surface area contributed by atoms with Gasteiger partial charge < -0.3 is 0 Å². The minimum absolute atomic E-state index is 0.102. The van der Waals surface area contributed by atoms with Crippen LogP contribution in [0.3, 0.4) is 0 Å². The quantitative estimate of drug-likeness (QED) is 0.731. The van der Waals surface area contributed by atoms with Crippen LogP contribution in [0.1, 0.15) is 32.6 Å². The van der Waals surface area contributed by atoms with E-state index < -0.39 is 0 Å². The normalized spacial score (nSPS) is 10.6. The molecule has 3 heteroatoms. The third-order valence-electron chi connectivity index (χ3n) is 3.18. The minimum atomic E-state index is -0.335. The van der Waals surface area contributed by atoms with Gasteiger partial charge in [-0.05, 0) is 67.8 Å². The van der Waals surface area contributed by atoms with Gasteiger partial charge in [-0.3, -0.25) is 4.79 Å². The molecule has 19 heavy (non-hydrogen) atoms. The van der Waals surface area contributed by atoms with Crippen molar-refractivity contribution in [3.05, 3.63) is 69.0 Å². The fourth-order valence-electron chi connectivity index (χ4n) is 2.05. The Kier molecular flexibility index (Phi) is 3.72. The molecule has 98 valence electrons. The van der Waals surface area contributed by atoms with E-state index in [0.717, 1.165) is 11.1 Å². The van der Waals surface area contributed by atoms with Gasteiger partial charge >= 0.3 is 0 Å². The molecule has 0 aromatic heterocycles. The van der Waals surface area contributed by atoms with Gasteiger partial charge in [0.1, 0.15) is 5.82 Å². The van der Waals surface area contributed by atoms with Crippen LogP contribution in [0.2, 0.25) is 5.02 Å². The maximum absolute atomic E-state index is 13.1.